The van der Waals surface area contributed by atoms with E-state index in [9.17, 15) is 28.2 Å². The second-order valence-corrected chi connectivity index (χ2v) is 10.6. The fourth-order valence-electron chi connectivity index (χ4n) is 4.64. The molecule has 3 aromatic rings. The van der Waals surface area contributed by atoms with Gasteiger partial charge in [0.1, 0.15) is 0 Å². The number of aliphatic hydroxyl groups is 1. The second-order valence-electron chi connectivity index (χ2n) is 10.6. The number of benzene rings is 3. The van der Waals surface area contributed by atoms with Crippen molar-refractivity contribution >= 4 is 5.97 Å². The predicted molar refractivity (Wildman–Crippen MR) is 146 cm³/mol. The van der Waals surface area contributed by atoms with Gasteiger partial charge >= 0.3 is 12.1 Å². The van der Waals surface area contributed by atoms with E-state index < -0.39 is 29.4 Å². The van der Waals surface area contributed by atoms with Gasteiger partial charge < -0.3 is 20.3 Å². The molecule has 0 aliphatic heterocycles. The molecule has 0 spiro atoms. The van der Waals surface area contributed by atoms with Crippen molar-refractivity contribution in [3.63, 3.8) is 0 Å². The summed E-state index contributed by atoms with van der Waals surface area (Å²) in [5, 5.41) is 23.1. The molecule has 3 N–H and O–H groups in total. The van der Waals surface area contributed by atoms with Crippen LogP contribution in [0.5, 0.6) is 0 Å². The van der Waals surface area contributed by atoms with Crippen LogP contribution in [0.25, 0.3) is 11.1 Å². The van der Waals surface area contributed by atoms with Gasteiger partial charge in [0.2, 0.25) is 0 Å². The van der Waals surface area contributed by atoms with Crippen molar-refractivity contribution in [2.24, 2.45) is 0 Å². The van der Waals surface area contributed by atoms with Crippen molar-refractivity contribution in [3.8, 4) is 11.1 Å². The fourth-order valence-corrected chi connectivity index (χ4v) is 4.64. The lowest BCUT2D eigenvalue weighted by Crippen LogP contribution is -2.46. The highest BCUT2D eigenvalue weighted by Crippen LogP contribution is 2.33. The van der Waals surface area contributed by atoms with Gasteiger partial charge in [0.05, 0.1) is 29.9 Å². The highest BCUT2D eigenvalue weighted by atomic mass is 19.4. The van der Waals surface area contributed by atoms with Gasteiger partial charge in [0.15, 0.2) is 0 Å². The average Bonchev–Trinajstić information content (AvgIpc) is 2.86. The van der Waals surface area contributed by atoms with Crippen LogP contribution in [-0.4, -0.2) is 41.0 Å². The smallest absolute Gasteiger partial charge is 0.416 e. The topological polar surface area (TPSA) is 78.8 Å². The van der Waals surface area contributed by atoms with Crippen molar-refractivity contribution in [1.82, 2.24) is 5.32 Å². The molecule has 0 aliphatic carbocycles. The van der Waals surface area contributed by atoms with E-state index in [0.29, 0.717) is 17.5 Å². The predicted octanol–water partition coefficient (Wildman–Crippen LogP) is 6.74. The van der Waals surface area contributed by atoms with Crippen LogP contribution in [0.2, 0.25) is 0 Å². The summed E-state index contributed by atoms with van der Waals surface area (Å²) in [6, 6.07) is 17.2. The monoisotopic (exact) mass is 543 g/mol. The highest BCUT2D eigenvalue weighted by Gasteiger charge is 2.33. The number of carbonyl (C=O) groups is 1. The van der Waals surface area contributed by atoms with Crippen molar-refractivity contribution in [1.29, 1.82) is 0 Å². The summed E-state index contributed by atoms with van der Waals surface area (Å²) < 4.78 is 45.8. The van der Waals surface area contributed by atoms with Crippen LogP contribution in [0.4, 0.5) is 13.2 Å². The van der Waals surface area contributed by atoms with Crippen LogP contribution in [0.3, 0.4) is 0 Å². The van der Waals surface area contributed by atoms with Gasteiger partial charge in [0.25, 0.3) is 0 Å². The number of ether oxygens (including phenoxy) is 1. The molecule has 0 bridgehead atoms. The van der Waals surface area contributed by atoms with Crippen molar-refractivity contribution in [3.05, 3.63) is 94.0 Å². The Morgan fingerprint density at radius 1 is 1.00 bits per heavy atom. The first kappa shape index (κ1) is 30.3. The Morgan fingerprint density at radius 3 is 2.33 bits per heavy atom. The maximum absolute atomic E-state index is 13.3. The molecule has 0 amide bonds. The number of aromatic carboxylic acids is 1. The number of β-amino-alcohol motifs (C(OH)–C–C–N with tert-alkyl or cyclic N) is 1. The fraction of sp³-hybridized carbons (Fsp3) is 0.387. The van der Waals surface area contributed by atoms with Crippen LogP contribution < -0.4 is 5.32 Å². The van der Waals surface area contributed by atoms with Crippen molar-refractivity contribution < 1.29 is 32.9 Å². The molecule has 3 rings (SSSR count). The lowest BCUT2D eigenvalue weighted by molar-refractivity contribution is -0.138. The average molecular weight is 544 g/mol. The Kier molecular flexibility index (Phi) is 9.59. The third-order valence-corrected chi connectivity index (χ3v) is 6.77. The van der Waals surface area contributed by atoms with E-state index in [0.717, 1.165) is 16.7 Å². The lowest BCUT2D eigenvalue weighted by atomic mass is 9.92. The zero-order valence-corrected chi connectivity index (χ0v) is 22.9. The maximum Gasteiger partial charge on any atom is 0.416 e. The number of carboxylic acid groups (broad SMARTS) is 1. The minimum Gasteiger partial charge on any atom is -0.478 e. The molecule has 0 aliphatic rings. The van der Waals surface area contributed by atoms with E-state index in [1.165, 1.54) is 19.1 Å². The van der Waals surface area contributed by atoms with Crippen molar-refractivity contribution in [2.75, 3.05) is 13.2 Å². The normalized spacial score (nSPS) is 13.8. The molecule has 0 aromatic heterocycles. The number of alkyl halides is 3. The molecule has 0 radical (unpaired) electrons. The molecule has 39 heavy (non-hydrogen) atoms. The third-order valence-electron chi connectivity index (χ3n) is 6.77. The number of aryl methyl sites for hydroxylation is 2. The Labute approximate surface area is 227 Å². The molecule has 5 nitrogen and oxygen atoms in total. The van der Waals surface area contributed by atoms with Gasteiger partial charge in [0, 0.05) is 12.1 Å². The lowest BCUT2D eigenvalue weighted by Gasteiger charge is -2.29. The maximum atomic E-state index is 13.3. The van der Waals surface area contributed by atoms with Crippen LogP contribution >= 0.6 is 0 Å². The summed E-state index contributed by atoms with van der Waals surface area (Å²) in [4.78, 5) is 11.4. The standard InChI is InChI=1S/C31H36F3NO4/c1-19-10-11-22(15-28(19)31(32,33)34)16-30(4,5)35-17-24(36)18-39-21(3)26-8-6-7-9-27(26)23-12-13-25(29(37)38)20(2)14-23/h6-15,21,24,35-36H,16-18H2,1-5H3,(H,37,38). The largest absolute Gasteiger partial charge is 0.478 e. The molecule has 0 saturated carbocycles. The Balaban J connectivity index is 1.60. The molecule has 2 unspecified atom stereocenters. The van der Waals surface area contributed by atoms with E-state index in [4.69, 9.17) is 4.74 Å². The Morgan fingerprint density at radius 2 is 1.69 bits per heavy atom. The summed E-state index contributed by atoms with van der Waals surface area (Å²) in [5.41, 5.74) is 3.16. The quantitative estimate of drug-likeness (QED) is 0.250. The van der Waals surface area contributed by atoms with E-state index in [1.54, 1.807) is 25.1 Å². The molecular formula is C31H36F3NO4. The summed E-state index contributed by atoms with van der Waals surface area (Å²) >= 11 is 0. The number of nitrogens with one attached hydrogen (secondary N) is 1. The van der Waals surface area contributed by atoms with Gasteiger partial charge in [-0.2, -0.15) is 13.2 Å². The van der Waals surface area contributed by atoms with E-state index in [1.807, 2.05) is 51.1 Å². The zero-order chi connectivity index (χ0) is 29.0. The van der Waals surface area contributed by atoms with Crippen LogP contribution in [-0.2, 0) is 17.3 Å². The third kappa shape index (κ3) is 8.14. The molecule has 210 valence electrons. The molecule has 8 heteroatoms. The Bertz CT molecular complexity index is 1300. The van der Waals surface area contributed by atoms with Crippen LogP contribution in [0.15, 0.2) is 60.7 Å². The SMILES string of the molecule is Cc1cc(-c2ccccc2C(C)OCC(O)CNC(C)(C)Cc2ccc(C)c(C(F)(F)F)c2)ccc1C(=O)O. The van der Waals surface area contributed by atoms with Gasteiger partial charge in [-0.15, -0.1) is 0 Å². The molecule has 2 atom stereocenters. The molecule has 0 heterocycles. The van der Waals surface area contributed by atoms with Crippen LogP contribution in [0.1, 0.15) is 65.1 Å². The Hall–Kier alpha value is -3.20. The van der Waals surface area contributed by atoms with Gasteiger partial charge in [-0.1, -0.05) is 48.5 Å². The summed E-state index contributed by atoms with van der Waals surface area (Å²) in [6.07, 6.45) is -5.23. The zero-order valence-electron chi connectivity index (χ0n) is 22.9. The summed E-state index contributed by atoms with van der Waals surface area (Å²) in [5.74, 6) is -0.972. The molecule has 3 aromatic carbocycles. The van der Waals surface area contributed by atoms with Gasteiger partial charge in [-0.25, -0.2) is 4.79 Å². The number of aliphatic hydroxyl groups excluding tert-OH is 1. The molecular weight excluding hydrogens is 507 g/mol. The van der Waals surface area contributed by atoms with Gasteiger partial charge in [-0.05, 0) is 86.6 Å². The van der Waals surface area contributed by atoms with Crippen molar-refractivity contribution in [2.45, 2.75) is 65.0 Å². The highest BCUT2D eigenvalue weighted by molar-refractivity contribution is 5.90. The number of hydrogen-bond acceptors (Lipinski definition) is 4. The molecule has 0 saturated heterocycles. The summed E-state index contributed by atoms with van der Waals surface area (Å²) in [6.45, 7) is 9.11. The second kappa shape index (κ2) is 12.3. The number of rotatable bonds is 11. The minimum atomic E-state index is -4.40. The van der Waals surface area contributed by atoms with Crippen LogP contribution in [0, 0.1) is 13.8 Å². The minimum absolute atomic E-state index is 0.0539. The summed E-state index contributed by atoms with van der Waals surface area (Å²) in [7, 11) is 0. The number of hydrogen-bond donors (Lipinski definition) is 3. The van der Waals surface area contributed by atoms with E-state index in [2.05, 4.69) is 5.32 Å². The number of halogens is 3. The van der Waals surface area contributed by atoms with E-state index in [-0.39, 0.29) is 30.4 Å². The van der Waals surface area contributed by atoms with Gasteiger partial charge in [-0.3, -0.25) is 0 Å². The molecule has 0 fully saturated rings. The number of carboxylic acids is 1. The first-order chi connectivity index (χ1) is 18.2. The van der Waals surface area contributed by atoms with E-state index >= 15 is 0 Å². The first-order valence-electron chi connectivity index (χ1n) is 12.8. The first-order valence-corrected chi connectivity index (χ1v) is 12.8.